The van der Waals surface area contributed by atoms with Crippen molar-refractivity contribution in [3.8, 4) is 23.3 Å². The minimum atomic E-state index is -4.23. The van der Waals surface area contributed by atoms with E-state index in [1.54, 1.807) is 36.4 Å². The first-order chi connectivity index (χ1) is 18.7. The molecule has 2 aliphatic rings. The molecule has 2 N–H and O–H groups in total. The van der Waals surface area contributed by atoms with Gasteiger partial charge in [-0.15, -0.1) is 0 Å². The Morgan fingerprint density at radius 3 is 2.31 bits per heavy atom. The summed E-state index contributed by atoms with van der Waals surface area (Å²) in [5.41, 5.74) is 9.45. The number of hydrogen-bond acceptors (Lipinski definition) is 8. The van der Waals surface area contributed by atoms with E-state index in [9.17, 15) is 13.7 Å². The van der Waals surface area contributed by atoms with Gasteiger partial charge in [-0.2, -0.15) is 5.26 Å². The predicted octanol–water partition coefficient (Wildman–Crippen LogP) is 4.55. The number of anilines is 1. The Labute approximate surface area is 227 Å². The lowest BCUT2D eigenvalue weighted by Crippen LogP contribution is -2.39. The molecule has 5 rings (SSSR count). The number of nitrogens with two attached hydrogens (primary N) is 1. The number of para-hydroxylation sites is 1. The molecule has 2 aliphatic heterocycles. The van der Waals surface area contributed by atoms with Crippen molar-refractivity contribution < 1.29 is 27.4 Å². The van der Waals surface area contributed by atoms with Crippen LogP contribution >= 0.6 is 0 Å². The van der Waals surface area contributed by atoms with Crippen molar-refractivity contribution in [2.45, 2.75) is 19.4 Å². The highest BCUT2D eigenvalue weighted by atomic mass is 32.2. The largest absolute Gasteiger partial charge is 0.493 e. The smallest absolute Gasteiger partial charge is 0.265 e. The van der Waals surface area contributed by atoms with Crippen molar-refractivity contribution >= 4 is 21.5 Å². The van der Waals surface area contributed by atoms with Gasteiger partial charge < -0.3 is 24.7 Å². The molecule has 39 heavy (non-hydrogen) atoms. The van der Waals surface area contributed by atoms with E-state index in [0.29, 0.717) is 34.1 Å². The van der Waals surface area contributed by atoms with Gasteiger partial charge in [-0.1, -0.05) is 42.0 Å². The number of nitrogens with zero attached hydrogens (tertiary/aromatic N) is 2. The molecule has 0 aliphatic carbocycles. The van der Waals surface area contributed by atoms with Crippen LogP contribution in [0, 0.1) is 18.3 Å². The molecule has 0 unspecified atom stereocenters. The van der Waals surface area contributed by atoms with Gasteiger partial charge in [-0.3, -0.25) is 4.31 Å². The van der Waals surface area contributed by atoms with Crippen LogP contribution in [0.15, 0.2) is 77.0 Å². The summed E-state index contributed by atoms with van der Waals surface area (Å²) < 4.78 is 52.8. The summed E-state index contributed by atoms with van der Waals surface area (Å²) in [5, 5.41) is 10.1. The number of rotatable bonds is 6. The van der Waals surface area contributed by atoms with Crippen LogP contribution < -0.4 is 24.2 Å². The molecule has 0 saturated heterocycles. The summed E-state index contributed by atoms with van der Waals surface area (Å²) in [6.07, 6.45) is 0. The van der Waals surface area contributed by atoms with E-state index in [2.05, 4.69) is 6.07 Å². The first-order valence-electron chi connectivity index (χ1n) is 12.0. The number of allylic oxidation sites excluding steroid dienone is 2. The molecule has 1 atom stereocenters. The van der Waals surface area contributed by atoms with E-state index in [1.807, 2.05) is 31.2 Å². The Morgan fingerprint density at radius 1 is 1.00 bits per heavy atom. The molecule has 200 valence electrons. The van der Waals surface area contributed by atoms with Gasteiger partial charge in [0.15, 0.2) is 17.3 Å². The average Bonchev–Trinajstić information content (AvgIpc) is 2.93. The quantitative estimate of drug-likeness (QED) is 0.479. The molecule has 9 nitrogen and oxygen atoms in total. The van der Waals surface area contributed by atoms with Gasteiger partial charge in [0.05, 0.1) is 39.5 Å². The van der Waals surface area contributed by atoms with Crippen LogP contribution in [0.3, 0.4) is 0 Å². The number of fused-ring (bicyclic) bond motifs is 2. The molecule has 0 spiro atoms. The number of benzene rings is 3. The zero-order chi connectivity index (χ0) is 27.9. The fraction of sp³-hybridized carbons (Fsp3) is 0.207. The zero-order valence-electron chi connectivity index (χ0n) is 21.9. The third kappa shape index (κ3) is 4.21. The van der Waals surface area contributed by atoms with Gasteiger partial charge in [0.1, 0.15) is 16.5 Å². The molecule has 0 aromatic heterocycles. The van der Waals surface area contributed by atoms with Gasteiger partial charge in [0, 0.05) is 5.56 Å². The monoisotopic (exact) mass is 545 g/mol. The van der Waals surface area contributed by atoms with Crippen molar-refractivity contribution in [1.82, 2.24) is 0 Å². The Bertz CT molecular complexity index is 1660. The van der Waals surface area contributed by atoms with Crippen molar-refractivity contribution in [3.05, 3.63) is 99.3 Å². The van der Waals surface area contributed by atoms with Gasteiger partial charge in [0.2, 0.25) is 11.6 Å². The first-order valence-corrected chi connectivity index (χ1v) is 13.5. The van der Waals surface area contributed by atoms with Crippen LogP contribution in [-0.4, -0.2) is 29.7 Å². The third-order valence-electron chi connectivity index (χ3n) is 6.79. The summed E-state index contributed by atoms with van der Waals surface area (Å²) in [6, 6.07) is 20.0. The number of nitriles is 1. The van der Waals surface area contributed by atoms with Gasteiger partial charge >= 0.3 is 0 Å². The van der Waals surface area contributed by atoms with Crippen molar-refractivity contribution in [1.29, 1.82) is 5.26 Å². The van der Waals surface area contributed by atoms with Crippen LogP contribution in [0.1, 0.15) is 28.2 Å². The van der Waals surface area contributed by atoms with E-state index in [4.69, 9.17) is 24.7 Å². The maximum Gasteiger partial charge on any atom is 0.265 e. The fourth-order valence-electron chi connectivity index (χ4n) is 5.06. The molecule has 0 amide bonds. The maximum absolute atomic E-state index is 14.5. The average molecular weight is 546 g/mol. The second-order valence-corrected chi connectivity index (χ2v) is 10.9. The van der Waals surface area contributed by atoms with Crippen LogP contribution in [0.2, 0.25) is 0 Å². The standard InChI is InChI=1S/C29H27N3O6S/c1-17-8-7-9-18(12-17)16-32-22-11-6-5-10-20(22)26-28(39(32,33)34)25(21(15-30)29(31)38-26)19-13-23(35-2)27(37-4)24(14-19)36-3/h5-14,25H,16,31H2,1-4H3/t25-/m0/s1. The summed E-state index contributed by atoms with van der Waals surface area (Å²) in [6.45, 7) is 2.03. The normalized spacial score (nSPS) is 17.5. The number of ether oxygens (including phenoxy) is 4. The molecule has 10 heteroatoms. The van der Waals surface area contributed by atoms with Crippen molar-refractivity contribution in [3.63, 3.8) is 0 Å². The summed E-state index contributed by atoms with van der Waals surface area (Å²) in [4.78, 5) is -0.0890. The fourth-order valence-corrected chi connectivity index (χ4v) is 6.97. The van der Waals surface area contributed by atoms with Crippen LogP contribution in [0.25, 0.3) is 5.76 Å². The molecule has 0 saturated carbocycles. The Balaban J connectivity index is 1.79. The number of aryl methyl sites for hydroxylation is 1. The lowest BCUT2D eigenvalue weighted by molar-refractivity contribution is 0.323. The van der Waals surface area contributed by atoms with Gasteiger partial charge in [-0.05, 0) is 42.3 Å². The minimum Gasteiger partial charge on any atom is -0.493 e. The molecule has 0 fully saturated rings. The number of hydrogen-bond donors (Lipinski definition) is 1. The third-order valence-corrected chi connectivity index (χ3v) is 8.67. The van der Waals surface area contributed by atoms with Gasteiger partial charge in [-0.25, -0.2) is 8.42 Å². The van der Waals surface area contributed by atoms with E-state index in [-0.39, 0.29) is 28.7 Å². The molecule has 0 radical (unpaired) electrons. The van der Waals surface area contributed by atoms with Crippen molar-refractivity contribution in [2.75, 3.05) is 25.6 Å². The van der Waals surface area contributed by atoms with Crippen molar-refractivity contribution in [2.24, 2.45) is 5.73 Å². The van der Waals surface area contributed by atoms with E-state index in [0.717, 1.165) is 11.1 Å². The Hall–Kier alpha value is -4.62. The zero-order valence-corrected chi connectivity index (χ0v) is 22.7. The summed E-state index contributed by atoms with van der Waals surface area (Å²) in [7, 11) is 0.160. The van der Waals surface area contributed by atoms with E-state index >= 15 is 0 Å². The topological polar surface area (TPSA) is 124 Å². The molecular weight excluding hydrogens is 518 g/mol. The molecular formula is C29H27N3O6S. The highest BCUT2D eigenvalue weighted by Gasteiger charge is 2.47. The molecule has 2 heterocycles. The maximum atomic E-state index is 14.5. The number of sulfonamides is 1. The van der Waals surface area contributed by atoms with E-state index in [1.165, 1.54) is 25.6 Å². The summed E-state index contributed by atoms with van der Waals surface area (Å²) >= 11 is 0. The minimum absolute atomic E-state index is 0.0403. The predicted molar refractivity (Wildman–Crippen MR) is 146 cm³/mol. The van der Waals surface area contributed by atoms with Gasteiger partial charge in [0.25, 0.3) is 10.0 Å². The highest BCUT2D eigenvalue weighted by molar-refractivity contribution is 7.96. The molecule has 3 aromatic rings. The van der Waals surface area contributed by atoms with E-state index < -0.39 is 15.9 Å². The molecule has 3 aromatic carbocycles. The Kier molecular flexibility index (Phi) is 6.62. The summed E-state index contributed by atoms with van der Waals surface area (Å²) in [5.74, 6) is -0.235. The van der Waals surface area contributed by atoms with Crippen LogP contribution in [0.5, 0.6) is 17.2 Å². The first kappa shape index (κ1) is 26.0. The second kappa shape index (κ2) is 9.93. The second-order valence-electron chi connectivity index (χ2n) is 9.09. The lowest BCUT2D eigenvalue weighted by atomic mass is 9.87. The SMILES string of the molecule is COc1cc([C@H]2C(C#N)=C(N)OC3=C2S(=O)(=O)N(Cc2cccc(C)c2)c2ccccc23)cc(OC)c1OC. The molecule has 0 bridgehead atoms. The van der Waals surface area contributed by atoms with Crippen LogP contribution in [-0.2, 0) is 21.3 Å². The van der Waals surface area contributed by atoms with Crippen LogP contribution in [0.4, 0.5) is 5.69 Å². The number of methoxy groups -OCH3 is 3. The lowest BCUT2D eigenvalue weighted by Gasteiger charge is -2.38. The Morgan fingerprint density at radius 2 is 1.69 bits per heavy atom. The highest BCUT2D eigenvalue weighted by Crippen LogP contribution is 2.53.